The summed E-state index contributed by atoms with van der Waals surface area (Å²) in [6.45, 7) is 1.72. The van der Waals surface area contributed by atoms with E-state index in [0.717, 1.165) is 16.1 Å². The van der Waals surface area contributed by atoms with E-state index in [1.807, 2.05) is 19.1 Å². The van der Waals surface area contributed by atoms with E-state index < -0.39 is 34.5 Å². The van der Waals surface area contributed by atoms with Gasteiger partial charge in [0.2, 0.25) is 0 Å². The largest absolute Gasteiger partial charge is 0.273 e. The zero-order valence-corrected chi connectivity index (χ0v) is 17.9. The van der Waals surface area contributed by atoms with Crippen molar-refractivity contribution in [1.29, 1.82) is 0 Å². The number of hydrogen-bond donors (Lipinski definition) is 0. The number of rotatable bonds is 5. The van der Waals surface area contributed by atoms with Gasteiger partial charge in [-0.1, -0.05) is 54.9 Å². The van der Waals surface area contributed by atoms with Crippen LogP contribution in [0.5, 0.6) is 0 Å². The maximum absolute atomic E-state index is 13.5. The molecule has 0 spiro atoms. The van der Waals surface area contributed by atoms with Crippen LogP contribution in [0.1, 0.15) is 29.3 Å². The van der Waals surface area contributed by atoms with Crippen molar-refractivity contribution in [2.75, 3.05) is 0 Å². The van der Waals surface area contributed by atoms with Crippen molar-refractivity contribution in [1.82, 2.24) is 10.0 Å². The van der Waals surface area contributed by atoms with E-state index in [1.165, 1.54) is 18.2 Å². The number of non-ortho nitro benzene ring substituents is 1. The quantitative estimate of drug-likeness (QED) is 0.295. The van der Waals surface area contributed by atoms with Crippen molar-refractivity contribution in [2.24, 2.45) is 17.8 Å². The summed E-state index contributed by atoms with van der Waals surface area (Å²) in [5.41, 5.74) is 0.265. The topological polar surface area (TPSA) is 101 Å². The van der Waals surface area contributed by atoms with Crippen LogP contribution >= 0.6 is 11.6 Å². The molecule has 32 heavy (non-hydrogen) atoms. The molecule has 4 rings (SSSR count). The zero-order valence-electron chi connectivity index (χ0n) is 17.2. The highest BCUT2D eigenvalue weighted by atomic mass is 35.5. The Bertz CT molecular complexity index is 1150. The van der Waals surface area contributed by atoms with Crippen LogP contribution in [0.2, 0.25) is 5.02 Å². The zero-order chi connectivity index (χ0) is 23.0. The van der Waals surface area contributed by atoms with E-state index in [9.17, 15) is 24.5 Å². The second-order valence-electron chi connectivity index (χ2n) is 7.91. The highest BCUT2D eigenvalue weighted by Crippen LogP contribution is 2.40. The fourth-order valence-electron chi connectivity index (χ4n) is 4.29. The van der Waals surface area contributed by atoms with Crippen molar-refractivity contribution in [2.45, 2.75) is 19.9 Å². The van der Waals surface area contributed by atoms with E-state index in [-0.39, 0.29) is 23.7 Å². The molecule has 1 saturated heterocycles. The normalized spacial score (nSPS) is 22.1. The molecule has 0 aromatic heterocycles. The van der Waals surface area contributed by atoms with E-state index in [2.05, 4.69) is 0 Å². The Labute approximate surface area is 189 Å². The highest BCUT2D eigenvalue weighted by Gasteiger charge is 2.53. The number of amides is 3. The molecular weight excluding hydrogens is 434 g/mol. The average molecular weight is 454 g/mol. The molecule has 9 heteroatoms. The van der Waals surface area contributed by atoms with Crippen molar-refractivity contribution in [3.05, 3.63) is 86.9 Å². The van der Waals surface area contributed by atoms with Gasteiger partial charge in [-0.3, -0.25) is 24.5 Å². The summed E-state index contributed by atoms with van der Waals surface area (Å²) in [5, 5.41) is 13.5. The Morgan fingerprint density at radius 3 is 2.62 bits per heavy atom. The van der Waals surface area contributed by atoms with Gasteiger partial charge in [0.25, 0.3) is 23.4 Å². The van der Waals surface area contributed by atoms with Gasteiger partial charge in [-0.05, 0) is 30.0 Å². The molecule has 1 heterocycles. The van der Waals surface area contributed by atoms with Crippen LogP contribution in [0, 0.1) is 27.9 Å². The smallest absolute Gasteiger partial charge is 0.272 e. The molecule has 164 valence electrons. The van der Waals surface area contributed by atoms with Crippen LogP contribution in [0.15, 0.2) is 60.7 Å². The maximum atomic E-state index is 13.5. The Kier molecular flexibility index (Phi) is 5.80. The lowest BCUT2D eigenvalue weighted by Gasteiger charge is -2.31. The molecule has 0 saturated carbocycles. The third-order valence-corrected chi connectivity index (χ3v) is 6.28. The fourth-order valence-corrected chi connectivity index (χ4v) is 4.49. The molecule has 2 aromatic rings. The lowest BCUT2D eigenvalue weighted by Crippen LogP contribution is -2.50. The van der Waals surface area contributed by atoms with Gasteiger partial charge >= 0.3 is 0 Å². The van der Waals surface area contributed by atoms with Gasteiger partial charge in [0.05, 0.1) is 23.3 Å². The fraction of sp³-hybridized carbons (Fsp3) is 0.261. The number of fused-ring (bicyclic) bond motifs is 1. The van der Waals surface area contributed by atoms with Crippen LogP contribution in [-0.4, -0.2) is 32.7 Å². The Hall–Kier alpha value is -3.52. The maximum Gasteiger partial charge on any atom is 0.273 e. The predicted molar refractivity (Wildman–Crippen MR) is 116 cm³/mol. The Morgan fingerprint density at radius 2 is 1.94 bits per heavy atom. The molecule has 1 aliphatic heterocycles. The Morgan fingerprint density at radius 1 is 1.19 bits per heavy atom. The van der Waals surface area contributed by atoms with Gasteiger partial charge in [-0.2, -0.15) is 5.01 Å². The summed E-state index contributed by atoms with van der Waals surface area (Å²) in [6.07, 6.45) is 4.19. The van der Waals surface area contributed by atoms with Crippen LogP contribution < -0.4 is 0 Å². The first-order valence-corrected chi connectivity index (χ1v) is 10.5. The number of hydrazine groups is 1. The molecule has 2 aliphatic rings. The number of carbonyl (C=O) groups is 3. The lowest BCUT2D eigenvalue weighted by atomic mass is 9.78. The van der Waals surface area contributed by atoms with Gasteiger partial charge < -0.3 is 0 Å². The van der Waals surface area contributed by atoms with E-state index in [1.54, 1.807) is 24.3 Å². The molecule has 1 fully saturated rings. The minimum Gasteiger partial charge on any atom is -0.272 e. The number of imide groups is 1. The van der Waals surface area contributed by atoms with Crippen molar-refractivity contribution in [3.8, 4) is 0 Å². The molecule has 3 amide bonds. The van der Waals surface area contributed by atoms with Gasteiger partial charge in [0, 0.05) is 22.7 Å². The molecule has 0 N–H and O–H groups in total. The third kappa shape index (κ3) is 3.78. The van der Waals surface area contributed by atoms with Crippen LogP contribution in [0.3, 0.4) is 0 Å². The molecule has 2 aromatic carbocycles. The molecule has 1 aliphatic carbocycles. The first-order chi connectivity index (χ1) is 15.3. The lowest BCUT2D eigenvalue weighted by molar-refractivity contribution is -0.384. The summed E-state index contributed by atoms with van der Waals surface area (Å²) >= 11 is 6.28. The third-order valence-electron chi connectivity index (χ3n) is 5.91. The van der Waals surface area contributed by atoms with Crippen LogP contribution in [-0.2, 0) is 16.1 Å². The molecular formula is C23H20ClN3O5. The summed E-state index contributed by atoms with van der Waals surface area (Å²) < 4.78 is 0. The second-order valence-corrected chi connectivity index (χ2v) is 8.31. The molecule has 0 bridgehead atoms. The number of benzene rings is 2. The van der Waals surface area contributed by atoms with Crippen LogP contribution in [0.4, 0.5) is 5.69 Å². The molecule has 3 atom stereocenters. The summed E-state index contributed by atoms with van der Waals surface area (Å²) in [5.74, 6) is -2.86. The minimum atomic E-state index is -0.699. The number of carbonyl (C=O) groups excluding carboxylic acids is 3. The van der Waals surface area contributed by atoms with Gasteiger partial charge in [-0.15, -0.1) is 0 Å². The SMILES string of the molecule is C[C@@H]1C=CC[C@H]2C(=O)N(N(Cc3ccccc3Cl)C(=O)c3cccc([N+](=O)[O-])c3)C(=O)[C@@H]12. The van der Waals surface area contributed by atoms with Gasteiger partial charge in [0.1, 0.15) is 0 Å². The number of nitrogens with zero attached hydrogens (tertiary/aromatic N) is 3. The second kappa shape index (κ2) is 8.55. The van der Waals surface area contributed by atoms with Gasteiger partial charge in [0.15, 0.2) is 0 Å². The molecule has 0 radical (unpaired) electrons. The first kappa shape index (κ1) is 21.7. The number of allylic oxidation sites excluding steroid dienone is 2. The van der Waals surface area contributed by atoms with Crippen molar-refractivity contribution >= 4 is 35.0 Å². The standard InChI is InChI=1S/C23H20ClN3O5/c1-14-6-4-10-18-20(14)23(30)26(22(18)29)25(13-16-7-2-3-11-19(16)24)21(28)15-8-5-9-17(12-15)27(31)32/h2-9,11-12,14,18,20H,10,13H2,1H3/t14-,18-,20+/m1/s1. The van der Waals surface area contributed by atoms with E-state index >= 15 is 0 Å². The number of nitro groups is 1. The molecule has 8 nitrogen and oxygen atoms in total. The average Bonchev–Trinajstić information content (AvgIpc) is 3.04. The van der Waals surface area contributed by atoms with E-state index in [4.69, 9.17) is 11.6 Å². The summed E-state index contributed by atoms with van der Waals surface area (Å²) in [4.78, 5) is 50.7. The van der Waals surface area contributed by atoms with Gasteiger partial charge in [-0.25, -0.2) is 5.01 Å². The predicted octanol–water partition coefficient (Wildman–Crippen LogP) is 4.00. The first-order valence-electron chi connectivity index (χ1n) is 10.1. The summed E-state index contributed by atoms with van der Waals surface area (Å²) in [6, 6.07) is 12.0. The Balaban J connectivity index is 1.76. The number of hydrogen-bond acceptors (Lipinski definition) is 5. The van der Waals surface area contributed by atoms with Crippen molar-refractivity contribution in [3.63, 3.8) is 0 Å². The number of halogens is 1. The van der Waals surface area contributed by atoms with E-state index in [0.29, 0.717) is 17.0 Å². The summed E-state index contributed by atoms with van der Waals surface area (Å²) in [7, 11) is 0. The molecule has 0 unspecified atom stereocenters. The monoisotopic (exact) mass is 453 g/mol. The minimum absolute atomic E-state index is 0.00658. The van der Waals surface area contributed by atoms with Crippen molar-refractivity contribution < 1.29 is 19.3 Å². The highest BCUT2D eigenvalue weighted by molar-refractivity contribution is 6.31. The van der Waals surface area contributed by atoms with Crippen LogP contribution in [0.25, 0.3) is 0 Å². The number of nitro benzene ring substituents is 1.